The van der Waals surface area contributed by atoms with E-state index in [1.54, 1.807) is 6.07 Å². The van der Waals surface area contributed by atoms with Crippen molar-refractivity contribution in [2.45, 2.75) is 27.7 Å². The van der Waals surface area contributed by atoms with Crippen molar-refractivity contribution in [2.75, 3.05) is 0 Å². The van der Waals surface area contributed by atoms with Crippen LogP contribution in [0.15, 0.2) is 47.4 Å². The van der Waals surface area contributed by atoms with Crippen LogP contribution in [-0.4, -0.2) is 11.1 Å². The number of hydrogen-bond donors (Lipinski definition) is 1. The van der Waals surface area contributed by atoms with E-state index in [4.69, 9.17) is 21.1 Å². The first-order chi connectivity index (χ1) is 11.1. The van der Waals surface area contributed by atoms with E-state index in [2.05, 4.69) is 27.4 Å². The van der Waals surface area contributed by atoms with E-state index in [0.29, 0.717) is 10.8 Å². The fraction of sp³-hybridized carbons (Fsp3) is 0.250. The molecule has 1 heterocycles. The van der Waals surface area contributed by atoms with Gasteiger partial charge in [-0.2, -0.15) is 0 Å². The van der Waals surface area contributed by atoms with E-state index in [9.17, 15) is 4.79 Å². The predicted molar refractivity (Wildman–Crippen MR) is 98.3 cm³/mol. The van der Waals surface area contributed by atoms with E-state index < -0.39 is 5.97 Å². The number of carboxylic acid groups (broad SMARTS) is 1. The Morgan fingerprint density at radius 1 is 1.25 bits per heavy atom. The van der Waals surface area contributed by atoms with Gasteiger partial charge in [-0.15, -0.1) is 0 Å². The van der Waals surface area contributed by atoms with Gasteiger partial charge in [-0.25, -0.2) is 4.79 Å². The maximum Gasteiger partial charge on any atom is 0.371 e. The highest BCUT2D eigenvalue weighted by Gasteiger charge is 2.25. The van der Waals surface area contributed by atoms with Crippen LogP contribution < -0.4 is 0 Å². The van der Waals surface area contributed by atoms with E-state index in [1.165, 1.54) is 0 Å². The lowest BCUT2D eigenvalue weighted by molar-refractivity contribution is 0.0661. The van der Waals surface area contributed by atoms with Crippen LogP contribution in [0.4, 0.5) is 0 Å². The average molecular weight is 345 g/mol. The molecule has 0 saturated heterocycles. The standard InChI is InChI=1S/C20H21ClO3/c1-12(14-6-8-15(21)9-7-14)10-16(20(3,4)5)18-13(2)11-17(24-18)19(22)23/h6-11H,1H2,2-5H3,(H,22,23)/b16-10+. The molecule has 24 heavy (non-hydrogen) atoms. The van der Waals surface area contributed by atoms with Gasteiger partial charge in [0.25, 0.3) is 0 Å². The van der Waals surface area contributed by atoms with Gasteiger partial charge in [0.1, 0.15) is 5.76 Å². The second-order valence-corrected chi connectivity index (χ2v) is 7.20. The average Bonchev–Trinajstić information content (AvgIpc) is 2.86. The molecule has 126 valence electrons. The molecule has 2 rings (SSSR count). The summed E-state index contributed by atoms with van der Waals surface area (Å²) < 4.78 is 5.59. The van der Waals surface area contributed by atoms with Crippen molar-refractivity contribution < 1.29 is 14.3 Å². The van der Waals surface area contributed by atoms with Crippen LogP contribution in [0.2, 0.25) is 5.02 Å². The molecule has 1 aromatic carbocycles. The number of aromatic carboxylic acids is 1. The number of rotatable bonds is 4. The minimum absolute atomic E-state index is 0.0604. The molecule has 0 aliphatic heterocycles. The molecule has 0 radical (unpaired) electrons. The monoisotopic (exact) mass is 344 g/mol. The third kappa shape index (κ3) is 3.98. The Hall–Kier alpha value is -2.26. The van der Waals surface area contributed by atoms with Gasteiger partial charge >= 0.3 is 5.97 Å². The molecule has 0 spiro atoms. The maximum absolute atomic E-state index is 11.2. The number of carbonyl (C=O) groups is 1. The molecule has 1 N–H and O–H groups in total. The van der Waals surface area contributed by atoms with Crippen molar-refractivity contribution >= 4 is 28.7 Å². The van der Waals surface area contributed by atoms with Gasteiger partial charge in [-0.1, -0.05) is 51.1 Å². The topological polar surface area (TPSA) is 50.4 Å². The van der Waals surface area contributed by atoms with Crippen LogP contribution in [0.3, 0.4) is 0 Å². The second-order valence-electron chi connectivity index (χ2n) is 6.77. The van der Waals surface area contributed by atoms with Crippen molar-refractivity contribution in [3.05, 3.63) is 70.7 Å². The Kier molecular flexibility index (Phi) is 5.05. The van der Waals surface area contributed by atoms with Crippen molar-refractivity contribution in [3.8, 4) is 0 Å². The molecule has 2 aromatic rings. The summed E-state index contributed by atoms with van der Waals surface area (Å²) in [6, 6.07) is 8.97. The molecule has 0 amide bonds. The Balaban J connectivity index is 2.51. The van der Waals surface area contributed by atoms with Crippen molar-refractivity contribution in [2.24, 2.45) is 5.41 Å². The van der Waals surface area contributed by atoms with Gasteiger partial charge in [0.05, 0.1) is 0 Å². The zero-order chi connectivity index (χ0) is 18.1. The van der Waals surface area contributed by atoms with E-state index in [-0.39, 0.29) is 11.2 Å². The lowest BCUT2D eigenvalue weighted by Gasteiger charge is -2.23. The number of carboxylic acids is 1. The first-order valence-corrected chi connectivity index (χ1v) is 7.98. The molecule has 4 heteroatoms. The quantitative estimate of drug-likeness (QED) is 0.683. The minimum Gasteiger partial charge on any atom is -0.475 e. The van der Waals surface area contributed by atoms with Gasteiger partial charge < -0.3 is 9.52 Å². The zero-order valence-corrected chi connectivity index (χ0v) is 15.1. The predicted octanol–water partition coefficient (Wildman–Crippen LogP) is 6.08. The summed E-state index contributed by atoms with van der Waals surface area (Å²) in [5.41, 5.74) is 3.20. The highest BCUT2D eigenvalue weighted by Crippen LogP contribution is 2.38. The number of halogens is 1. The van der Waals surface area contributed by atoms with Gasteiger partial charge in [-0.05, 0) is 53.3 Å². The first kappa shape index (κ1) is 18.1. The summed E-state index contributed by atoms with van der Waals surface area (Å²) in [7, 11) is 0. The molecular weight excluding hydrogens is 324 g/mol. The van der Waals surface area contributed by atoms with Gasteiger partial charge in [0.2, 0.25) is 5.76 Å². The van der Waals surface area contributed by atoms with E-state index in [1.807, 2.05) is 37.3 Å². The van der Waals surface area contributed by atoms with Crippen LogP contribution in [-0.2, 0) is 0 Å². The van der Waals surface area contributed by atoms with Gasteiger partial charge in [0.15, 0.2) is 0 Å². The highest BCUT2D eigenvalue weighted by molar-refractivity contribution is 6.30. The second kappa shape index (κ2) is 6.70. The number of benzene rings is 1. The number of hydrogen-bond acceptors (Lipinski definition) is 2. The third-order valence-electron chi connectivity index (χ3n) is 3.71. The van der Waals surface area contributed by atoms with Crippen molar-refractivity contribution in [1.82, 2.24) is 0 Å². The van der Waals surface area contributed by atoms with Gasteiger partial charge in [0, 0.05) is 10.6 Å². The third-order valence-corrected chi connectivity index (χ3v) is 3.97. The first-order valence-electron chi connectivity index (χ1n) is 7.60. The Labute approximate surface area is 147 Å². The number of allylic oxidation sites excluding steroid dienone is 3. The summed E-state index contributed by atoms with van der Waals surface area (Å²) in [4.78, 5) is 11.2. The summed E-state index contributed by atoms with van der Waals surface area (Å²) in [6.07, 6.45) is 1.95. The molecule has 3 nitrogen and oxygen atoms in total. The largest absolute Gasteiger partial charge is 0.475 e. The SMILES string of the molecule is C=C(/C=C(\c1oc(C(=O)O)cc1C)C(C)(C)C)c1ccc(Cl)cc1. The molecule has 0 atom stereocenters. The fourth-order valence-electron chi connectivity index (χ4n) is 2.40. The molecular formula is C20H21ClO3. The summed E-state index contributed by atoms with van der Waals surface area (Å²) in [5, 5.41) is 9.82. The molecule has 0 aliphatic rings. The molecule has 0 aliphatic carbocycles. The van der Waals surface area contributed by atoms with Crippen molar-refractivity contribution in [3.63, 3.8) is 0 Å². The Morgan fingerprint density at radius 3 is 2.29 bits per heavy atom. The molecule has 0 fully saturated rings. The van der Waals surface area contributed by atoms with E-state index >= 15 is 0 Å². The van der Waals surface area contributed by atoms with Gasteiger partial charge in [-0.3, -0.25) is 0 Å². The van der Waals surface area contributed by atoms with Crippen LogP contribution in [0.1, 0.15) is 48.2 Å². The summed E-state index contributed by atoms with van der Waals surface area (Å²) in [6.45, 7) is 12.1. The smallest absolute Gasteiger partial charge is 0.371 e. The Morgan fingerprint density at radius 2 is 1.83 bits per heavy atom. The normalized spacial score (nSPS) is 12.3. The highest BCUT2D eigenvalue weighted by atomic mass is 35.5. The molecule has 0 unspecified atom stereocenters. The molecule has 1 aromatic heterocycles. The molecule has 0 bridgehead atoms. The lowest BCUT2D eigenvalue weighted by Crippen LogP contribution is -2.09. The van der Waals surface area contributed by atoms with Crippen molar-refractivity contribution in [1.29, 1.82) is 0 Å². The van der Waals surface area contributed by atoms with Crippen LogP contribution >= 0.6 is 11.6 Å². The van der Waals surface area contributed by atoms with E-state index in [0.717, 1.165) is 22.3 Å². The number of aryl methyl sites for hydroxylation is 1. The van der Waals surface area contributed by atoms with Crippen LogP contribution in [0.5, 0.6) is 0 Å². The maximum atomic E-state index is 11.2. The van der Waals surface area contributed by atoms with Crippen LogP contribution in [0, 0.1) is 12.3 Å². The summed E-state index contributed by atoms with van der Waals surface area (Å²) in [5.74, 6) is -0.557. The summed E-state index contributed by atoms with van der Waals surface area (Å²) >= 11 is 5.93. The Bertz CT molecular complexity index is 802. The minimum atomic E-state index is -1.07. The number of furan rings is 1. The lowest BCUT2D eigenvalue weighted by atomic mass is 9.82. The zero-order valence-electron chi connectivity index (χ0n) is 14.3. The fourth-order valence-corrected chi connectivity index (χ4v) is 2.53. The molecule has 0 saturated carbocycles. The van der Waals surface area contributed by atoms with Crippen LogP contribution in [0.25, 0.3) is 11.1 Å².